The van der Waals surface area contributed by atoms with Crippen LogP contribution in [0.5, 0.6) is 0 Å². The van der Waals surface area contributed by atoms with Crippen LogP contribution in [0.4, 0.5) is 9.18 Å². The third-order valence-electron chi connectivity index (χ3n) is 3.95. The van der Waals surface area contributed by atoms with Gasteiger partial charge in [0, 0.05) is 0 Å². The fraction of sp³-hybridized carbons (Fsp3) is 0.400. The number of benzene rings is 1. The normalized spacial score (nSPS) is 16.4. The number of hydrogen-bond acceptors (Lipinski definition) is 3. The van der Waals surface area contributed by atoms with Gasteiger partial charge in [-0.1, -0.05) is 31.5 Å². The van der Waals surface area contributed by atoms with Crippen LogP contribution in [0.1, 0.15) is 32.3 Å². The summed E-state index contributed by atoms with van der Waals surface area (Å²) in [5.41, 5.74) is 1.66. The van der Waals surface area contributed by atoms with Gasteiger partial charge in [-0.05, 0) is 30.5 Å². The lowest BCUT2D eigenvalue weighted by Crippen LogP contribution is -2.49. The second-order valence-corrected chi connectivity index (χ2v) is 5.73. The number of nitrogens with one attached hydrogen (secondary N) is 2. The molecule has 1 aliphatic heterocycles. The highest BCUT2D eigenvalue weighted by Crippen LogP contribution is 2.23. The molecule has 1 aromatic carbocycles. The lowest BCUT2D eigenvalue weighted by atomic mass is 9.93. The summed E-state index contributed by atoms with van der Waals surface area (Å²) in [5.74, 6) is -1.73. The molecule has 0 saturated carbocycles. The smallest absolute Gasteiger partial charge is 0.322 e. The highest BCUT2D eigenvalue weighted by Gasteiger charge is 2.49. The molecule has 124 valence electrons. The summed E-state index contributed by atoms with van der Waals surface area (Å²) < 4.78 is 13.4. The molecular formula is C15H17ClFN3O3. The Morgan fingerprint density at radius 3 is 2.52 bits per heavy atom. The topological polar surface area (TPSA) is 78.5 Å². The van der Waals surface area contributed by atoms with E-state index in [0.717, 1.165) is 6.07 Å². The maximum Gasteiger partial charge on any atom is 0.344 e. The maximum absolute atomic E-state index is 13.4. The van der Waals surface area contributed by atoms with Crippen LogP contribution >= 0.6 is 11.6 Å². The van der Waals surface area contributed by atoms with Crippen LogP contribution in [0.3, 0.4) is 0 Å². The number of carbonyl (C=O) groups is 3. The molecule has 2 rings (SSSR count). The molecule has 1 aromatic rings. The number of urea groups is 1. The SMILES string of the molecule is CCC1(CC)NC(=O)N(NC(=O)Cc2ccc(Cl)c(F)c2)C1=O. The monoisotopic (exact) mass is 341 g/mol. The molecule has 1 saturated heterocycles. The van der Waals surface area contributed by atoms with Crippen LogP contribution < -0.4 is 10.7 Å². The van der Waals surface area contributed by atoms with E-state index in [1.54, 1.807) is 13.8 Å². The molecule has 4 amide bonds. The minimum atomic E-state index is -0.989. The first-order chi connectivity index (χ1) is 10.8. The molecular weight excluding hydrogens is 325 g/mol. The van der Waals surface area contributed by atoms with Crippen LogP contribution in [-0.4, -0.2) is 28.4 Å². The van der Waals surface area contributed by atoms with E-state index in [4.69, 9.17) is 11.6 Å². The number of carbonyl (C=O) groups excluding carboxylic acids is 3. The molecule has 0 spiro atoms. The van der Waals surface area contributed by atoms with E-state index < -0.39 is 29.2 Å². The fourth-order valence-electron chi connectivity index (χ4n) is 2.45. The highest BCUT2D eigenvalue weighted by molar-refractivity contribution is 6.30. The molecule has 8 heteroatoms. The van der Waals surface area contributed by atoms with Gasteiger partial charge < -0.3 is 5.32 Å². The van der Waals surface area contributed by atoms with E-state index in [1.807, 2.05) is 0 Å². The first-order valence-electron chi connectivity index (χ1n) is 7.23. The number of nitrogens with zero attached hydrogens (tertiary/aromatic N) is 1. The molecule has 0 aliphatic carbocycles. The van der Waals surface area contributed by atoms with E-state index in [2.05, 4.69) is 10.7 Å². The predicted octanol–water partition coefficient (Wildman–Crippen LogP) is 2.16. The predicted molar refractivity (Wildman–Crippen MR) is 81.9 cm³/mol. The molecule has 1 heterocycles. The summed E-state index contributed by atoms with van der Waals surface area (Å²) in [6, 6.07) is 3.30. The van der Waals surface area contributed by atoms with Crippen molar-refractivity contribution in [1.82, 2.24) is 15.8 Å². The van der Waals surface area contributed by atoms with E-state index in [1.165, 1.54) is 12.1 Å². The van der Waals surface area contributed by atoms with Crippen molar-refractivity contribution in [3.8, 4) is 0 Å². The lowest BCUT2D eigenvalue weighted by molar-refractivity contribution is -0.139. The summed E-state index contributed by atoms with van der Waals surface area (Å²) in [6.07, 6.45) is 0.655. The molecule has 0 unspecified atom stereocenters. The van der Waals surface area contributed by atoms with Crippen LogP contribution in [0.15, 0.2) is 18.2 Å². The largest absolute Gasteiger partial charge is 0.344 e. The Morgan fingerprint density at radius 2 is 2.00 bits per heavy atom. The zero-order valence-electron chi connectivity index (χ0n) is 12.8. The van der Waals surface area contributed by atoms with Crippen molar-refractivity contribution in [2.75, 3.05) is 0 Å². The van der Waals surface area contributed by atoms with Gasteiger partial charge in [-0.2, -0.15) is 5.01 Å². The van der Waals surface area contributed by atoms with Gasteiger partial charge in [0.05, 0.1) is 11.4 Å². The molecule has 1 fully saturated rings. The summed E-state index contributed by atoms with van der Waals surface area (Å²) in [5, 5.41) is 3.24. The minimum Gasteiger partial charge on any atom is -0.322 e. The van der Waals surface area contributed by atoms with Crippen LogP contribution in [0, 0.1) is 5.82 Å². The van der Waals surface area contributed by atoms with Crippen molar-refractivity contribution >= 4 is 29.4 Å². The van der Waals surface area contributed by atoms with E-state index in [-0.39, 0.29) is 11.4 Å². The molecule has 0 bridgehead atoms. The van der Waals surface area contributed by atoms with Gasteiger partial charge >= 0.3 is 6.03 Å². The minimum absolute atomic E-state index is 0.0427. The third-order valence-corrected chi connectivity index (χ3v) is 4.26. The van der Waals surface area contributed by atoms with Gasteiger partial charge in [-0.25, -0.2) is 9.18 Å². The quantitative estimate of drug-likeness (QED) is 0.806. The van der Waals surface area contributed by atoms with Crippen molar-refractivity contribution < 1.29 is 18.8 Å². The number of hydrazine groups is 1. The summed E-state index contributed by atoms with van der Waals surface area (Å²) in [7, 11) is 0. The summed E-state index contributed by atoms with van der Waals surface area (Å²) in [6.45, 7) is 3.56. The van der Waals surface area contributed by atoms with Gasteiger partial charge in [0.25, 0.3) is 5.91 Å². The summed E-state index contributed by atoms with van der Waals surface area (Å²) >= 11 is 5.57. The zero-order chi connectivity index (χ0) is 17.2. The number of hydrogen-bond donors (Lipinski definition) is 2. The second kappa shape index (κ2) is 6.54. The van der Waals surface area contributed by atoms with E-state index >= 15 is 0 Å². The summed E-state index contributed by atoms with van der Waals surface area (Å²) in [4.78, 5) is 36.2. The molecule has 0 radical (unpaired) electrons. The molecule has 2 N–H and O–H groups in total. The van der Waals surface area contributed by atoms with Gasteiger partial charge in [-0.3, -0.25) is 15.0 Å². The highest BCUT2D eigenvalue weighted by atomic mass is 35.5. The van der Waals surface area contributed by atoms with Crippen molar-refractivity contribution in [2.24, 2.45) is 0 Å². The maximum atomic E-state index is 13.4. The average Bonchev–Trinajstić information content (AvgIpc) is 2.75. The van der Waals surface area contributed by atoms with Crippen LogP contribution in [0.2, 0.25) is 5.02 Å². The van der Waals surface area contributed by atoms with Gasteiger partial charge in [0.2, 0.25) is 5.91 Å². The van der Waals surface area contributed by atoms with Crippen molar-refractivity contribution in [3.63, 3.8) is 0 Å². The van der Waals surface area contributed by atoms with Crippen molar-refractivity contribution in [1.29, 1.82) is 0 Å². The first-order valence-corrected chi connectivity index (χ1v) is 7.61. The Labute approximate surface area is 137 Å². The molecule has 1 aliphatic rings. The van der Waals surface area contributed by atoms with Crippen molar-refractivity contribution in [3.05, 3.63) is 34.6 Å². The van der Waals surface area contributed by atoms with Crippen LogP contribution in [-0.2, 0) is 16.0 Å². The van der Waals surface area contributed by atoms with Gasteiger partial charge in [-0.15, -0.1) is 0 Å². The number of imide groups is 1. The van der Waals surface area contributed by atoms with E-state index in [0.29, 0.717) is 23.4 Å². The van der Waals surface area contributed by atoms with Crippen molar-refractivity contribution in [2.45, 2.75) is 38.6 Å². The van der Waals surface area contributed by atoms with E-state index in [9.17, 15) is 18.8 Å². The molecule has 0 aromatic heterocycles. The number of rotatable bonds is 5. The van der Waals surface area contributed by atoms with Gasteiger partial charge in [0.15, 0.2) is 0 Å². The Bertz CT molecular complexity index is 661. The lowest BCUT2D eigenvalue weighted by Gasteiger charge is -2.22. The van der Waals surface area contributed by atoms with Gasteiger partial charge in [0.1, 0.15) is 11.4 Å². The molecule has 0 atom stereocenters. The Hall–Kier alpha value is -2.15. The second-order valence-electron chi connectivity index (χ2n) is 5.32. The number of amides is 4. The Morgan fingerprint density at radius 1 is 1.35 bits per heavy atom. The standard InChI is InChI=1S/C15H17ClFN3O3/c1-3-15(4-2)13(22)20(14(23)18-15)19-12(21)8-9-5-6-10(16)11(17)7-9/h5-7H,3-4,8H2,1-2H3,(H,18,23)(H,19,21). The number of halogens is 2. The molecule has 23 heavy (non-hydrogen) atoms. The zero-order valence-corrected chi connectivity index (χ0v) is 13.5. The van der Waals surface area contributed by atoms with Crippen LogP contribution in [0.25, 0.3) is 0 Å². The average molecular weight is 342 g/mol. The fourth-order valence-corrected chi connectivity index (χ4v) is 2.57. The Balaban J connectivity index is 2.06. The first kappa shape index (κ1) is 17.2. The molecule has 6 nitrogen and oxygen atoms in total. The third kappa shape index (κ3) is 3.29. The Kier molecular flexibility index (Phi) is 4.89.